The van der Waals surface area contributed by atoms with Crippen LogP contribution in [0.25, 0.3) is 5.69 Å². The Hall–Kier alpha value is -3.75. The van der Waals surface area contributed by atoms with Crippen LogP contribution in [0.1, 0.15) is 15.9 Å². The van der Waals surface area contributed by atoms with Crippen LogP contribution in [-0.2, 0) is 6.54 Å². The summed E-state index contributed by atoms with van der Waals surface area (Å²) in [6.45, 7) is 0.394. The molecule has 0 spiro atoms. The second-order valence-corrected chi connectivity index (χ2v) is 6.52. The van der Waals surface area contributed by atoms with Crippen LogP contribution in [0.5, 0.6) is 0 Å². The molecule has 0 atom stereocenters. The van der Waals surface area contributed by atoms with Gasteiger partial charge in [0.2, 0.25) is 0 Å². The normalized spacial score (nSPS) is 10.5. The molecular formula is C19H20N6O3. The summed E-state index contributed by atoms with van der Waals surface area (Å²) in [5.74, 6) is -0.301. The summed E-state index contributed by atoms with van der Waals surface area (Å²) in [5, 5.41) is 15.4. The van der Waals surface area contributed by atoms with Crippen LogP contribution < -0.4 is 4.90 Å². The molecule has 3 aromatic rings. The molecule has 0 aliphatic heterocycles. The Morgan fingerprint density at radius 3 is 2.43 bits per heavy atom. The highest BCUT2D eigenvalue weighted by atomic mass is 16.6. The summed E-state index contributed by atoms with van der Waals surface area (Å²) in [7, 11) is 5.58. The van der Waals surface area contributed by atoms with Crippen LogP contribution in [0.4, 0.5) is 11.4 Å². The Morgan fingerprint density at radius 1 is 1.14 bits per heavy atom. The molecule has 144 valence electrons. The molecule has 2 aromatic carbocycles. The first-order valence-electron chi connectivity index (χ1n) is 8.52. The van der Waals surface area contributed by atoms with Crippen molar-refractivity contribution >= 4 is 17.3 Å². The van der Waals surface area contributed by atoms with Gasteiger partial charge in [-0.2, -0.15) is 5.10 Å². The summed E-state index contributed by atoms with van der Waals surface area (Å²) in [4.78, 5) is 31.0. The summed E-state index contributed by atoms with van der Waals surface area (Å²) in [5.41, 5.74) is 2.32. The highest BCUT2D eigenvalue weighted by molar-refractivity contribution is 5.95. The first-order chi connectivity index (χ1) is 13.4. The van der Waals surface area contributed by atoms with Crippen molar-refractivity contribution in [3.05, 3.63) is 76.4 Å². The van der Waals surface area contributed by atoms with Gasteiger partial charge in [0.25, 0.3) is 11.6 Å². The van der Waals surface area contributed by atoms with Gasteiger partial charge in [0.05, 0.1) is 4.92 Å². The van der Waals surface area contributed by atoms with Crippen LogP contribution in [0.15, 0.2) is 55.1 Å². The maximum absolute atomic E-state index is 12.8. The molecule has 9 nitrogen and oxygen atoms in total. The Labute approximate surface area is 162 Å². The minimum atomic E-state index is -0.534. The second-order valence-electron chi connectivity index (χ2n) is 6.52. The quantitative estimate of drug-likeness (QED) is 0.481. The third-order valence-electron chi connectivity index (χ3n) is 4.30. The Morgan fingerprint density at radius 2 is 1.86 bits per heavy atom. The van der Waals surface area contributed by atoms with Gasteiger partial charge in [-0.25, -0.2) is 9.67 Å². The number of carbonyl (C=O) groups excluding carboxylic acids is 1. The first-order valence-corrected chi connectivity index (χ1v) is 8.52. The van der Waals surface area contributed by atoms with Gasteiger partial charge >= 0.3 is 0 Å². The lowest BCUT2D eigenvalue weighted by Crippen LogP contribution is -2.26. The van der Waals surface area contributed by atoms with Gasteiger partial charge in [-0.3, -0.25) is 14.9 Å². The fraction of sp³-hybridized carbons (Fsp3) is 0.211. The van der Waals surface area contributed by atoms with Crippen molar-refractivity contribution in [1.82, 2.24) is 19.7 Å². The summed E-state index contributed by atoms with van der Waals surface area (Å²) in [6.07, 6.45) is 2.66. The predicted octanol–water partition coefficient (Wildman–Crippen LogP) is 2.51. The molecule has 0 unspecified atom stereocenters. The molecule has 0 aliphatic rings. The summed E-state index contributed by atoms with van der Waals surface area (Å²) in [6, 6.07) is 12.2. The van der Waals surface area contributed by atoms with Crippen LogP contribution in [0, 0.1) is 10.1 Å². The van der Waals surface area contributed by atoms with Gasteiger partial charge in [-0.05, 0) is 29.8 Å². The van der Waals surface area contributed by atoms with Gasteiger partial charge in [0, 0.05) is 45.0 Å². The largest absolute Gasteiger partial charge is 0.378 e. The van der Waals surface area contributed by atoms with E-state index in [1.54, 1.807) is 13.1 Å². The number of nitrogens with zero attached hydrogens (tertiary/aromatic N) is 6. The minimum Gasteiger partial charge on any atom is -0.378 e. The Bertz CT molecular complexity index is 983. The highest BCUT2D eigenvalue weighted by Gasteiger charge is 2.21. The summed E-state index contributed by atoms with van der Waals surface area (Å²) >= 11 is 0. The van der Waals surface area contributed by atoms with Crippen molar-refractivity contribution in [2.24, 2.45) is 0 Å². The fourth-order valence-corrected chi connectivity index (χ4v) is 2.79. The van der Waals surface area contributed by atoms with E-state index in [-0.39, 0.29) is 22.8 Å². The molecule has 1 amide bonds. The third-order valence-corrected chi connectivity index (χ3v) is 4.30. The molecule has 28 heavy (non-hydrogen) atoms. The van der Waals surface area contributed by atoms with Gasteiger partial charge < -0.3 is 9.80 Å². The average molecular weight is 380 g/mol. The highest BCUT2D eigenvalue weighted by Crippen LogP contribution is 2.24. The summed E-state index contributed by atoms with van der Waals surface area (Å²) < 4.78 is 1.29. The molecule has 0 N–H and O–H groups in total. The molecule has 1 heterocycles. The molecule has 0 aliphatic carbocycles. The lowest BCUT2D eigenvalue weighted by molar-refractivity contribution is -0.384. The van der Waals surface area contributed by atoms with Crippen molar-refractivity contribution in [2.45, 2.75) is 6.54 Å². The lowest BCUT2D eigenvalue weighted by Gasteiger charge is -2.19. The molecular weight excluding hydrogens is 360 g/mol. The van der Waals surface area contributed by atoms with E-state index in [0.717, 1.165) is 11.3 Å². The topological polar surface area (TPSA) is 97.4 Å². The number of carbonyl (C=O) groups is 1. The molecule has 9 heteroatoms. The molecule has 0 radical (unpaired) electrons. The van der Waals surface area contributed by atoms with Crippen LogP contribution in [0.3, 0.4) is 0 Å². The maximum Gasteiger partial charge on any atom is 0.295 e. The van der Waals surface area contributed by atoms with Crippen molar-refractivity contribution in [2.75, 3.05) is 26.0 Å². The smallest absolute Gasteiger partial charge is 0.295 e. The van der Waals surface area contributed by atoms with Crippen molar-refractivity contribution < 1.29 is 9.72 Å². The van der Waals surface area contributed by atoms with Crippen molar-refractivity contribution in [1.29, 1.82) is 0 Å². The van der Waals surface area contributed by atoms with Gasteiger partial charge in [-0.1, -0.05) is 12.1 Å². The van der Waals surface area contributed by atoms with Crippen LogP contribution >= 0.6 is 0 Å². The Balaban J connectivity index is 1.81. The number of hydrogen-bond acceptors (Lipinski definition) is 6. The SMILES string of the molecule is CN(Cc1ccc(N(C)C)cc1)C(=O)c1ccc(-n2cncn2)c([N+](=O)[O-])c1. The van der Waals surface area contributed by atoms with Crippen LogP contribution in [-0.4, -0.2) is 51.6 Å². The van der Waals surface area contributed by atoms with Gasteiger partial charge in [0.15, 0.2) is 0 Å². The molecule has 0 saturated heterocycles. The zero-order chi connectivity index (χ0) is 20.3. The number of nitro benzene ring substituents is 1. The lowest BCUT2D eigenvalue weighted by atomic mass is 10.1. The molecule has 0 bridgehead atoms. The fourth-order valence-electron chi connectivity index (χ4n) is 2.79. The number of anilines is 1. The van der Waals surface area contributed by atoms with E-state index in [2.05, 4.69) is 10.1 Å². The predicted molar refractivity (Wildman–Crippen MR) is 105 cm³/mol. The van der Waals surface area contributed by atoms with Gasteiger partial charge in [-0.15, -0.1) is 0 Å². The first kappa shape index (κ1) is 19.0. The third kappa shape index (κ3) is 3.98. The molecule has 1 aromatic heterocycles. The van der Waals surface area contributed by atoms with E-state index < -0.39 is 4.92 Å². The average Bonchev–Trinajstić information content (AvgIpc) is 3.22. The zero-order valence-corrected chi connectivity index (χ0v) is 15.8. The number of aromatic nitrogens is 3. The van der Waals surface area contributed by atoms with Gasteiger partial charge in [0.1, 0.15) is 18.3 Å². The van der Waals surface area contributed by atoms with E-state index in [9.17, 15) is 14.9 Å². The van der Waals surface area contributed by atoms with E-state index in [0.29, 0.717) is 6.54 Å². The van der Waals surface area contributed by atoms with Crippen molar-refractivity contribution in [3.63, 3.8) is 0 Å². The van der Waals surface area contributed by atoms with E-state index in [4.69, 9.17) is 0 Å². The number of benzene rings is 2. The monoisotopic (exact) mass is 380 g/mol. The van der Waals surface area contributed by atoms with E-state index in [1.807, 2.05) is 43.3 Å². The number of hydrogen-bond donors (Lipinski definition) is 0. The molecule has 0 fully saturated rings. The number of rotatable bonds is 6. The molecule has 3 rings (SSSR count). The zero-order valence-electron chi connectivity index (χ0n) is 15.8. The van der Waals surface area contributed by atoms with E-state index >= 15 is 0 Å². The molecule has 0 saturated carbocycles. The van der Waals surface area contributed by atoms with Crippen LogP contribution in [0.2, 0.25) is 0 Å². The van der Waals surface area contributed by atoms with E-state index in [1.165, 1.54) is 34.4 Å². The Kier molecular flexibility index (Phi) is 5.35. The standard InChI is InChI=1S/C19H20N6O3/c1-22(2)16-7-4-14(5-8-16)11-23(3)19(26)15-6-9-17(18(10-15)25(27)28)24-13-20-12-21-24/h4-10,12-13H,11H2,1-3H3. The second kappa shape index (κ2) is 7.87. The number of amides is 1. The minimum absolute atomic E-state index is 0.208. The maximum atomic E-state index is 12.8. The number of nitro groups is 1. The van der Waals surface area contributed by atoms with Crippen molar-refractivity contribution in [3.8, 4) is 5.69 Å².